The van der Waals surface area contributed by atoms with Gasteiger partial charge in [0.05, 0.1) is 11.4 Å². The summed E-state index contributed by atoms with van der Waals surface area (Å²) in [5.41, 5.74) is 2.42. The number of halogens is 1. The molecule has 0 aliphatic heterocycles. The van der Waals surface area contributed by atoms with E-state index in [2.05, 4.69) is 15.5 Å². The number of carbonyl (C=O) groups is 1. The Morgan fingerprint density at radius 1 is 1.17 bits per heavy atom. The molecule has 1 heterocycles. The number of rotatable bonds is 8. The summed E-state index contributed by atoms with van der Waals surface area (Å²) in [7, 11) is 0. The maximum atomic E-state index is 13.7. The zero-order chi connectivity index (χ0) is 20.8. The van der Waals surface area contributed by atoms with Crippen LogP contribution in [0, 0.1) is 19.7 Å². The third-order valence-corrected chi connectivity index (χ3v) is 5.47. The first-order valence-electron chi connectivity index (χ1n) is 9.27. The monoisotopic (exact) mass is 414 g/mol. The van der Waals surface area contributed by atoms with Crippen LogP contribution in [0.3, 0.4) is 0 Å². The molecule has 152 valence electrons. The van der Waals surface area contributed by atoms with Crippen LogP contribution in [0.2, 0.25) is 0 Å². The first-order chi connectivity index (χ1) is 14.0. The van der Waals surface area contributed by atoms with Gasteiger partial charge in [0, 0.05) is 6.54 Å². The molecular weight excluding hydrogens is 391 g/mol. The number of para-hydroxylation sites is 1. The second kappa shape index (κ2) is 9.56. The lowest BCUT2D eigenvalue weighted by Gasteiger charge is -2.11. The Morgan fingerprint density at radius 2 is 1.97 bits per heavy atom. The van der Waals surface area contributed by atoms with Crippen LogP contribution >= 0.6 is 11.8 Å². The number of thioether (sulfide) groups is 1. The van der Waals surface area contributed by atoms with Crippen molar-refractivity contribution in [3.05, 3.63) is 65.2 Å². The molecule has 0 spiro atoms. The highest BCUT2D eigenvalue weighted by Gasteiger charge is 2.15. The Hall–Kier alpha value is -2.87. The van der Waals surface area contributed by atoms with E-state index in [1.165, 1.54) is 23.9 Å². The van der Waals surface area contributed by atoms with Crippen molar-refractivity contribution in [3.8, 4) is 5.75 Å². The molecule has 29 heavy (non-hydrogen) atoms. The highest BCUT2D eigenvalue weighted by Crippen LogP contribution is 2.23. The number of aryl methyl sites for hydroxylation is 1. The minimum atomic E-state index is -0.464. The zero-order valence-electron chi connectivity index (χ0n) is 16.6. The van der Waals surface area contributed by atoms with E-state index in [-0.39, 0.29) is 24.0 Å². The molecular formula is C21H23FN4O2S. The highest BCUT2D eigenvalue weighted by atomic mass is 32.2. The minimum Gasteiger partial charge on any atom is -0.485 e. The molecule has 1 N–H and O–H groups in total. The molecule has 1 amide bonds. The normalized spacial score (nSPS) is 10.8. The Bertz CT molecular complexity index is 1010. The number of carbonyl (C=O) groups excluding carboxylic acids is 1. The largest absolute Gasteiger partial charge is 0.485 e. The SMILES string of the molecule is CCn1c(COc2cccc(C)c2C)nnc1SCC(=O)Nc1ccccc1F. The van der Waals surface area contributed by atoms with Crippen LogP contribution in [-0.2, 0) is 17.9 Å². The summed E-state index contributed by atoms with van der Waals surface area (Å²) in [6.45, 7) is 6.97. The van der Waals surface area contributed by atoms with Crippen LogP contribution in [0.4, 0.5) is 10.1 Å². The van der Waals surface area contributed by atoms with E-state index >= 15 is 0 Å². The lowest BCUT2D eigenvalue weighted by Crippen LogP contribution is -2.15. The number of amides is 1. The second-order valence-electron chi connectivity index (χ2n) is 6.45. The third-order valence-electron chi connectivity index (χ3n) is 4.50. The molecule has 0 unspecified atom stereocenters. The van der Waals surface area contributed by atoms with Gasteiger partial charge in [-0.1, -0.05) is 36.0 Å². The van der Waals surface area contributed by atoms with Crippen molar-refractivity contribution >= 4 is 23.4 Å². The van der Waals surface area contributed by atoms with Crippen molar-refractivity contribution in [2.24, 2.45) is 0 Å². The molecule has 1 aromatic heterocycles. The second-order valence-corrected chi connectivity index (χ2v) is 7.39. The molecule has 6 nitrogen and oxygen atoms in total. The van der Waals surface area contributed by atoms with E-state index in [0.717, 1.165) is 16.9 Å². The smallest absolute Gasteiger partial charge is 0.234 e. The average Bonchev–Trinajstić information content (AvgIpc) is 3.11. The number of nitrogens with one attached hydrogen (secondary N) is 1. The molecule has 0 fully saturated rings. The van der Waals surface area contributed by atoms with Crippen molar-refractivity contribution in [2.45, 2.75) is 39.1 Å². The van der Waals surface area contributed by atoms with Gasteiger partial charge in [0.1, 0.15) is 18.2 Å². The molecule has 0 saturated heterocycles. The number of benzene rings is 2. The van der Waals surface area contributed by atoms with Gasteiger partial charge >= 0.3 is 0 Å². The fraction of sp³-hybridized carbons (Fsp3) is 0.286. The lowest BCUT2D eigenvalue weighted by molar-refractivity contribution is -0.113. The van der Waals surface area contributed by atoms with Gasteiger partial charge in [0.25, 0.3) is 0 Å². The van der Waals surface area contributed by atoms with Crippen molar-refractivity contribution in [3.63, 3.8) is 0 Å². The maximum absolute atomic E-state index is 13.7. The van der Waals surface area contributed by atoms with E-state index in [0.29, 0.717) is 17.5 Å². The van der Waals surface area contributed by atoms with E-state index in [1.807, 2.05) is 43.5 Å². The Morgan fingerprint density at radius 3 is 2.72 bits per heavy atom. The summed E-state index contributed by atoms with van der Waals surface area (Å²) in [6.07, 6.45) is 0. The van der Waals surface area contributed by atoms with Crippen LogP contribution in [0.5, 0.6) is 5.75 Å². The molecule has 0 saturated carbocycles. The fourth-order valence-electron chi connectivity index (χ4n) is 2.75. The molecule has 0 aliphatic rings. The number of anilines is 1. The Labute approximate surface area is 173 Å². The quantitative estimate of drug-likeness (QED) is 0.555. The predicted molar refractivity (Wildman–Crippen MR) is 112 cm³/mol. The van der Waals surface area contributed by atoms with Gasteiger partial charge in [-0.2, -0.15) is 0 Å². The molecule has 3 rings (SSSR count). The van der Waals surface area contributed by atoms with Crippen molar-refractivity contribution in [2.75, 3.05) is 11.1 Å². The predicted octanol–water partition coefficient (Wildman–Crippen LogP) is 4.36. The van der Waals surface area contributed by atoms with Gasteiger partial charge in [0.15, 0.2) is 11.0 Å². The van der Waals surface area contributed by atoms with E-state index in [4.69, 9.17) is 4.74 Å². The maximum Gasteiger partial charge on any atom is 0.234 e. The molecule has 8 heteroatoms. The van der Waals surface area contributed by atoms with Gasteiger partial charge in [0.2, 0.25) is 5.91 Å². The summed E-state index contributed by atoms with van der Waals surface area (Å²) in [5, 5.41) is 11.6. The summed E-state index contributed by atoms with van der Waals surface area (Å²) >= 11 is 1.25. The highest BCUT2D eigenvalue weighted by molar-refractivity contribution is 7.99. The van der Waals surface area contributed by atoms with Crippen molar-refractivity contribution in [1.82, 2.24) is 14.8 Å². The minimum absolute atomic E-state index is 0.102. The van der Waals surface area contributed by atoms with Crippen LogP contribution in [0.1, 0.15) is 23.9 Å². The van der Waals surface area contributed by atoms with Crippen molar-refractivity contribution < 1.29 is 13.9 Å². The average molecular weight is 415 g/mol. The van der Waals surface area contributed by atoms with Crippen LogP contribution < -0.4 is 10.1 Å². The summed E-state index contributed by atoms with van der Waals surface area (Å²) in [6, 6.07) is 12.0. The summed E-state index contributed by atoms with van der Waals surface area (Å²) in [4.78, 5) is 12.1. The van der Waals surface area contributed by atoms with Gasteiger partial charge in [-0.15, -0.1) is 10.2 Å². The third kappa shape index (κ3) is 5.14. The topological polar surface area (TPSA) is 69.0 Å². The summed E-state index contributed by atoms with van der Waals surface area (Å²) in [5.74, 6) is 0.830. The molecule has 3 aromatic rings. The molecule has 2 aromatic carbocycles. The van der Waals surface area contributed by atoms with E-state index in [1.54, 1.807) is 12.1 Å². The molecule has 0 atom stereocenters. The van der Waals surface area contributed by atoms with Gasteiger partial charge in [-0.25, -0.2) is 4.39 Å². The number of aromatic nitrogens is 3. The number of hydrogen-bond donors (Lipinski definition) is 1. The molecule has 0 bridgehead atoms. The number of nitrogens with zero attached hydrogens (tertiary/aromatic N) is 3. The van der Waals surface area contributed by atoms with Crippen LogP contribution in [0.25, 0.3) is 0 Å². The van der Waals surface area contributed by atoms with Gasteiger partial charge in [-0.3, -0.25) is 4.79 Å². The van der Waals surface area contributed by atoms with Crippen LogP contribution in [-0.4, -0.2) is 26.4 Å². The fourth-order valence-corrected chi connectivity index (χ4v) is 3.57. The van der Waals surface area contributed by atoms with Gasteiger partial charge < -0.3 is 14.6 Å². The molecule has 0 radical (unpaired) electrons. The first kappa shape index (κ1) is 20.9. The first-order valence-corrected chi connectivity index (χ1v) is 10.3. The van der Waals surface area contributed by atoms with E-state index in [9.17, 15) is 9.18 Å². The van der Waals surface area contributed by atoms with Crippen molar-refractivity contribution in [1.29, 1.82) is 0 Å². The standard InChI is InChI=1S/C21H23FN4O2S/c1-4-26-19(12-28-18-11-7-8-14(2)15(18)3)24-25-21(26)29-13-20(27)23-17-10-6-5-9-16(17)22/h5-11H,4,12-13H2,1-3H3,(H,23,27). The molecule has 0 aliphatic carbocycles. The zero-order valence-corrected chi connectivity index (χ0v) is 17.4. The Balaban J connectivity index is 1.61. The van der Waals surface area contributed by atoms with Gasteiger partial charge in [-0.05, 0) is 50.1 Å². The Kier molecular flexibility index (Phi) is 6.87. The van der Waals surface area contributed by atoms with E-state index < -0.39 is 5.82 Å². The van der Waals surface area contributed by atoms with Crippen LogP contribution in [0.15, 0.2) is 47.6 Å². The lowest BCUT2D eigenvalue weighted by atomic mass is 10.1. The number of ether oxygens (including phenoxy) is 1. The number of hydrogen-bond acceptors (Lipinski definition) is 5. The summed E-state index contributed by atoms with van der Waals surface area (Å²) < 4.78 is 21.5.